The molecule has 1 atom stereocenters. The minimum absolute atomic E-state index is 0.512. The Bertz CT molecular complexity index is 258. The topological polar surface area (TPSA) is 30.9 Å². The Labute approximate surface area is 133 Å². The van der Waals surface area contributed by atoms with Crippen LogP contribution in [0.1, 0.15) is 48.0 Å². The van der Waals surface area contributed by atoms with Crippen LogP contribution in [-0.2, 0) is 0 Å². The monoisotopic (exact) mass is 298 g/mol. The summed E-state index contributed by atoms with van der Waals surface area (Å²) in [5.41, 5.74) is 1.27. The smallest absolute Gasteiger partial charge is 0.0516 e. The van der Waals surface area contributed by atoms with E-state index in [1.807, 2.05) is 0 Å². The van der Waals surface area contributed by atoms with E-state index in [0.717, 1.165) is 58.8 Å². The third kappa shape index (κ3) is 10.9. The molecule has 1 unspecified atom stereocenters. The Hall–Kier alpha value is -0.450. The van der Waals surface area contributed by atoms with Gasteiger partial charge in [0.1, 0.15) is 0 Å². The molecule has 4 nitrogen and oxygen atoms in total. The Balaban J connectivity index is 3.84. The van der Waals surface area contributed by atoms with Crippen molar-refractivity contribution in [3.05, 3.63) is 0 Å². The fourth-order valence-electron chi connectivity index (χ4n) is 2.51. The number of nitrogens with one attached hydrogen (secondary N) is 1. The summed E-state index contributed by atoms with van der Waals surface area (Å²) in [6.45, 7) is 22.0. The summed E-state index contributed by atoms with van der Waals surface area (Å²) in [6.07, 6.45) is 1.05. The maximum atomic E-state index is 4.70. The van der Waals surface area contributed by atoms with Gasteiger partial charge in [-0.15, -0.1) is 0 Å². The third-order valence-electron chi connectivity index (χ3n) is 4.11. The van der Waals surface area contributed by atoms with Crippen LogP contribution in [0.5, 0.6) is 0 Å². The lowest BCUT2D eigenvalue weighted by molar-refractivity contribution is 0.298. The first-order chi connectivity index (χ1) is 10.1. The van der Waals surface area contributed by atoms with Gasteiger partial charge >= 0.3 is 0 Å². The van der Waals surface area contributed by atoms with Crippen LogP contribution in [0.25, 0.3) is 0 Å². The van der Waals surface area contributed by atoms with E-state index in [-0.39, 0.29) is 0 Å². The minimum Gasteiger partial charge on any atom is -0.313 e. The highest BCUT2D eigenvalue weighted by atomic mass is 15.1. The van der Waals surface area contributed by atoms with E-state index in [1.165, 1.54) is 5.71 Å². The number of rotatable bonds is 13. The van der Waals surface area contributed by atoms with E-state index < -0.39 is 0 Å². The summed E-state index contributed by atoms with van der Waals surface area (Å²) in [6, 6.07) is 0.512. The average Bonchev–Trinajstić information content (AvgIpc) is 2.48. The first-order valence-electron chi connectivity index (χ1n) is 8.75. The molecule has 0 aliphatic rings. The van der Waals surface area contributed by atoms with E-state index in [4.69, 9.17) is 4.99 Å². The van der Waals surface area contributed by atoms with Crippen LogP contribution in [0.2, 0.25) is 0 Å². The molecule has 0 aromatic rings. The first-order valence-corrected chi connectivity index (χ1v) is 8.75. The molecule has 0 saturated heterocycles. The molecule has 0 saturated carbocycles. The van der Waals surface area contributed by atoms with Crippen molar-refractivity contribution in [1.82, 2.24) is 15.1 Å². The zero-order valence-electron chi connectivity index (χ0n) is 15.3. The maximum Gasteiger partial charge on any atom is 0.0516 e. The summed E-state index contributed by atoms with van der Waals surface area (Å²) < 4.78 is 0. The van der Waals surface area contributed by atoms with Gasteiger partial charge in [-0.2, -0.15) is 0 Å². The highest BCUT2D eigenvalue weighted by molar-refractivity contribution is 5.82. The second-order valence-corrected chi connectivity index (χ2v) is 5.73. The lowest BCUT2D eigenvalue weighted by Crippen LogP contribution is -2.36. The van der Waals surface area contributed by atoms with E-state index in [2.05, 4.69) is 56.7 Å². The van der Waals surface area contributed by atoms with E-state index in [1.54, 1.807) is 0 Å². The van der Waals surface area contributed by atoms with E-state index >= 15 is 0 Å². The molecule has 1 N–H and O–H groups in total. The summed E-state index contributed by atoms with van der Waals surface area (Å²) in [4.78, 5) is 9.57. The van der Waals surface area contributed by atoms with Gasteiger partial charge in [-0.05, 0) is 40.0 Å². The van der Waals surface area contributed by atoms with Crippen LogP contribution in [-0.4, -0.2) is 73.9 Å². The molecule has 0 aromatic heterocycles. The van der Waals surface area contributed by atoms with Gasteiger partial charge in [0.05, 0.1) is 6.54 Å². The van der Waals surface area contributed by atoms with Gasteiger partial charge in [-0.25, -0.2) is 0 Å². The second-order valence-electron chi connectivity index (χ2n) is 5.73. The molecule has 0 rings (SSSR count). The van der Waals surface area contributed by atoms with Gasteiger partial charge in [0.2, 0.25) is 0 Å². The fraction of sp³-hybridized carbons (Fsp3) is 0.941. The number of hydrogen-bond acceptors (Lipinski definition) is 4. The fourth-order valence-corrected chi connectivity index (χ4v) is 2.51. The van der Waals surface area contributed by atoms with Crippen molar-refractivity contribution in [2.75, 3.05) is 52.4 Å². The molecule has 0 spiro atoms. The zero-order valence-corrected chi connectivity index (χ0v) is 15.3. The van der Waals surface area contributed by atoms with Crippen molar-refractivity contribution in [3.8, 4) is 0 Å². The van der Waals surface area contributed by atoms with Gasteiger partial charge < -0.3 is 15.1 Å². The average molecular weight is 299 g/mol. The molecule has 0 radical (unpaired) electrons. The molecule has 0 aliphatic carbocycles. The number of aliphatic imine (C=N–C) groups is 1. The normalized spacial score (nSPS) is 14.2. The largest absolute Gasteiger partial charge is 0.313 e. The number of hydrogen-bond donors (Lipinski definition) is 1. The summed E-state index contributed by atoms with van der Waals surface area (Å²) in [5, 5.41) is 3.60. The van der Waals surface area contributed by atoms with Crippen LogP contribution >= 0.6 is 0 Å². The van der Waals surface area contributed by atoms with Gasteiger partial charge in [0.25, 0.3) is 0 Å². The molecule has 0 aromatic carbocycles. The molecular weight excluding hydrogens is 260 g/mol. The highest BCUT2D eigenvalue weighted by Gasteiger charge is 2.05. The van der Waals surface area contributed by atoms with E-state index in [9.17, 15) is 0 Å². The SMILES string of the molecule is CCN(CC)CCN=C(C)CC(C)NCCN(CC)CC. The summed E-state index contributed by atoms with van der Waals surface area (Å²) >= 11 is 0. The summed E-state index contributed by atoms with van der Waals surface area (Å²) in [7, 11) is 0. The Morgan fingerprint density at radius 2 is 1.48 bits per heavy atom. The molecule has 0 heterocycles. The zero-order chi connectivity index (χ0) is 16.1. The molecule has 0 fully saturated rings. The molecular formula is C17H38N4. The summed E-state index contributed by atoms with van der Waals surface area (Å²) in [5.74, 6) is 0. The lowest BCUT2D eigenvalue weighted by atomic mass is 10.1. The van der Waals surface area contributed by atoms with Crippen LogP contribution in [0, 0.1) is 0 Å². The van der Waals surface area contributed by atoms with Crippen LogP contribution in [0.4, 0.5) is 0 Å². The van der Waals surface area contributed by atoms with Crippen LogP contribution in [0.3, 0.4) is 0 Å². The molecule has 4 heteroatoms. The standard InChI is InChI=1S/C17H38N4/c1-7-20(8-2)13-11-18-16(5)15-17(6)19-12-14-21(9-3)10-4/h16,18H,7-15H2,1-6H3. The predicted octanol–water partition coefficient (Wildman–Crippen LogP) is 2.50. The van der Waals surface area contributed by atoms with Gasteiger partial charge in [-0.1, -0.05) is 27.7 Å². The Morgan fingerprint density at radius 3 is 2.00 bits per heavy atom. The van der Waals surface area contributed by atoms with Crippen molar-refractivity contribution in [1.29, 1.82) is 0 Å². The van der Waals surface area contributed by atoms with Gasteiger partial charge in [0.15, 0.2) is 0 Å². The first kappa shape index (κ1) is 20.6. The second kappa shape index (κ2) is 13.2. The van der Waals surface area contributed by atoms with Gasteiger partial charge in [-0.3, -0.25) is 4.99 Å². The number of nitrogens with zero attached hydrogens (tertiary/aromatic N) is 3. The lowest BCUT2D eigenvalue weighted by Gasteiger charge is -2.20. The van der Waals surface area contributed by atoms with Crippen molar-refractivity contribution in [2.45, 2.75) is 54.0 Å². The third-order valence-corrected chi connectivity index (χ3v) is 4.11. The van der Waals surface area contributed by atoms with Crippen molar-refractivity contribution < 1.29 is 0 Å². The minimum atomic E-state index is 0.512. The Kier molecular flexibility index (Phi) is 12.9. The highest BCUT2D eigenvalue weighted by Crippen LogP contribution is 1.96. The molecule has 21 heavy (non-hydrogen) atoms. The number of likely N-dealkylation sites (N-methyl/N-ethyl adjacent to an activating group) is 2. The van der Waals surface area contributed by atoms with Crippen molar-refractivity contribution in [2.24, 2.45) is 4.99 Å². The van der Waals surface area contributed by atoms with Crippen LogP contribution in [0.15, 0.2) is 4.99 Å². The quantitative estimate of drug-likeness (QED) is 0.530. The molecule has 0 aliphatic heterocycles. The predicted molar refractivity (Wildman–Crippen MR) is 95.6 cm³/mol. The molecule has 0 amide bonds. The van der Waals surface area contributed by atoms with Crippen molar-refractivity contribution in [3.63, 3.8) is 0 Å². The maximum absolute atomic E-state index is 4.70. The van der Waals surface area contributed by atoms with E-state index in [0.29, 0.717) is 6.04 Å². The Morgan fingerprint density at radius 1 is 0.952 bits per heavy atom. The van der Waals surface area contributed by atoms with Gasteiger partial charge in [0, 0.05) is 37.8 Å². The molecule has 0 bridgehead atoms. The van der Waals surface area contributed by atoms with Crippen molar-refractivity contribution >= 4 is 5.71 Å². The molecule has 126 valence electrons. The van der Waals surface area contributed by atoms with Crippen LogP contribution < -0.4 is 5.32 Å².